The van der Waals surface area contributed by atoms with Gasteiger partial charge in [-0.05, 0) is 51.0 Å². The van der Waals surface area contributed by atoms with Crippen LogP contribution < -0.4 is 10.6 Å². The molecule has 3 heteroatoms. The average Bonchev–Trinajstić information content (AvgIpc) is 2.74. The van der Waals surface area contributed by atoms with E-state index in [1.54, 1.807) is 0 Å². The summed E-state index contributed by atoms with van der Waals surface area (Å²) in [6, 6.07) is 0. The van der Waals surface area contributed by atoms with Crippen molar-refractivity contribution in [2.24, 2.45) is 11.8 Å². The molecular weight excluding hydrogens is 212 g/mol. The second-order valence-electron chi connectivity index (χ2n) is 6.21. The molecule has 3 unspecified atom stereocenters. The Morgan fingerprint density at radius 1 is 1.41 bits per heavy atom. The van der Waals surface area contributed by atoms with Crippen LogP contribution >= 0.6 is 0 Å². The Bertz CT molecular complexity index is 271. The summed E-state index contributed by atoms with van der Waals surface area (Å²) in [7, 11) is 0. The predicted molar refractivity (Wildman–Crippen MR) is 69.8 cm³/mol. The van der Waals surface area contributed by atoms with E-state index in [-0.39, 0.29) is 11.4 Å². The Balaban J connectivity index is 1.75. The zero-order valence-electron chi connectivity index (χ0n) is 11.2. The first-order chi connectivity index (χ1) is 8.10. The molecule has 0 radical (unpaired) electrons. The van der Waals surface area contributed by atoms with E-state index in [9.17, 15) is 4.79 Å². The number of nitrogens with one attached hydrogen (secondary N) is 2. The zero-order chi connectivity index (χ0) is 12.3. The lowest BCUT2D eigenvalue weighted by atomic mass is 9.82. The number of carbonyl (C=O) groups excluding carboxylic acids is 1. The van der Waals surface area contributed by atoms with Gasteiger partial charge in [-0.1, -0.05) is 19.8 Å². The summed E-state index contributed by atoms with van der Waals surface area (Å²) in [5.41, 5.74) is -0.305. The van der Waals surface area contributed by atoms with Crippen LogP contribution in [0.2, 0.25) is 0 Å². The van der Waals surface area contributed by atoms with Crippen molar-refractivity contribution in [1.82, 2.24) is 10.6 Å². The van der Waals surface area contributed by atoms with Crippen LogP contribution in [-0.4, -0.2) is 24.5 Å². The van der Waals surface area contributed by atoms with Crippen molar-refractivity contribution in [2.45, 2.75) is 57.9 Å². The molecule has 1 heterocycles. The fraction of sp³-hybridized carbons (Fsp3) is 0.929. The average molecular weight is 238 g/mol. The van der Waals surface area contributed by atoms with E-state index >= 15 is 0 Å². The maximum Gasteiger partial charge on any atom is 0.240 e. The highest BCUT2D eigenvalue weighted by Gasteiger charge is 2.35. The zero-order valence-corrected chi connectivity index (χ0v) is 11.2. The molecular formula is C14H26N2O. The van der Waals surface area contributed by atoms with Crippen molar-refractivity contribution < 1.29 is 4.79 Å². The molecule has 17 heavy (non-hydrogen) atoms. The Kier molecular flexibility index (Phi) is 4.08. The van der Waals surface area contributed by atoms with Gasteiger partial charge in [-0.15, -0.1) is 0 Å². The molecule has 1 aliphatic carbocycles. The summed E-state index contributed by atoms with van der Waals surface area (Å²) in [5.74, 6) is 1.74. The Morgan fingerprint density at radius 3 is 2.88 bits per heavy atom. The summed E-state index contributed by atoms with van der Waals surface area (Å²) < 4.78 is 0. The molecule has 2 aliphatic rings. The van der Waals surface area contributed by atoms with E-state index in [4.69, 9.17) is 0 Å². The first kappa shape index (κ1) is 12.9. The quantitative estimate of drug-likeness (QED) is 0.790. The molecule has 98 valence electrons. The van der Waals surface area contributed by atoms with Crippen molar-refractivity contribution in [3.63, 3.8) is 0 Å². The largest absolute Gasteiger partial charge is 0.354 e. The van der Waals surface area contributed by atoms with E-state index in [2.05, 4.69) is 17.6 Å². The Morgan fingerprint density at radius 2 is 2.24 bits per heavy atom. The van der Waals surface area contributed by atoms with Crippen LogP contribution in [0.4, 0.5) is 0 Å². The Labute approximate surface area is 105 Å². The van der Waals surface area contributed by atoms with Crippen LogP contribution in [-0.2, 0) is 4.79 Å². The lowest BCUT2D eigenvalue weighted by molar-refractivity contribution is -0.126. The number of amides is 1. The van der Waals surface area contributed by atoms with Crippen molar-refractivity contribution in [1.29, 1.82) is 0 Å². The predicted octanol–water partition coefficient (Wildman–Crippen LogP) is 2.07. The van der Waals surface area contributed by atoms with Gasteiger partial charge in [-0.25, -0.2) is 0 Å². The van der Waals surface area contributed by atoms with Crippen molar-refractivity contribution in [3.8, 4) is 0 Å². The second-order valence-corrected chi connectivity index (χ2v) is 6.21. The molecule has 3 atom stereocenters. The topological polar surface area (TPSA) is 41.1 Å². The summed E-state index contributed by atoms with van der Waals surface area (Å²) in [6.45, 7) is 6.21. The molecule has 0 bridgehead atoms. The first-order valence-electron chi connectivity index (χ1n) is 7.13. The molecule has 2 N–H and O–H groups in total. The van der Waals surface area contributed by atoms with Gasteiger partial charge < -0.3 is 10.6 Å². The maximum absolute atomic E-state index is 12.1. The van der Waals surface area contributed by atoms with E-state index in [1.165, 1.54) is 25.7 Å². The summed E-state index contributed by atoms with van der Waals surface area (Å²) >= 11 is 0. The standard InChI is InChI=1S/C14H26N2O/c1-11-5-3-6-12(9-11)10-15-13(17)14(2)7-4-8-16-14/h11-12,16H,3-10H2,1-2H3,(H,15,17). The van der Waals surface area contributed by atoms with Crippen LogP contribution in [0.5, 0.6) is 0 Å². The van der Waals surface area contributed by atoms with Gasteiger partial charge >= 0.3 is 0 Å². The Hall–Kier alpha value is -0.570. The van der Waals surface area contributed by atoms with Gasteiger partial charge in [0.2, 0.25) is 5.91 Å². The van der Waals surface area contributed by atoms with E-state index in [1.807, 2.05) is 6.92 Å². The van der Waals surface area contributed by atoms with Gasteiger partial charge in [-0.3, -0.25) is 4.79 Å². The van der Waals surface area contributed by atoms with Gasteiger partial charge in [0.15, 0.2) is 0 Å². The van der Waals surface area contributed by atoms with Crippen molar-refractivity contribution in [3.05, 3.63) is 0 Å². The first-order valence-corrected chi connectivity index (χ1v) is 7.13. The van der Waals surface area contributed by atoms with Crippen LogP contribution in [0.25, 0.3) is 0 Å². The maximum atomic E-state index is 12.1. The van der Waals surface area contributed by atoms with Crippen LogP contribution in [0.15, 0.2) is 0 Å². The molecule has 1 saturated heterocycles. The van der Waals surface area contributed by atoms with Gasteiger partial charge in [0, 0.05) is 6.54 Å². The van der Waals surface area contributed by atoms with Crippen molar-refractivity contribution in [2.75, 3.05) is 13.1 Å². The SMILES string of the molecule is CC1CCCC(CNC(=O)C2(C)CCCN2)C1. The minimum absolute atomic E-state index is 0.202. The minimum Gasteiger partial charge on any atom is -0.354 e. The summed E-state index contributed by atoms with van der Waals surface area (Å²) in [5, 5.41) is 6.47. The van der Waals surface area contributed by atoms with E-state index in [0.29, 0.717) is 5.92 Å². The fourth-order valence-corrected chi connectivity index (χ4v) is 3.27. The normalized spacial score (nSPS) is 38.0. The molecule has 1 amide bonds. The number of carbonyl (C=O) groups is 1. The van der Waals surface area contributed by atoms with Crippen LogP contribution in [0, 0.1) is 11.8 Å². The molecule has 2 fully saturated rings. The highest BCUT2D eigenvalue weighted by Crippen LogP contribution is 2.28. The highest BCUT2D eigenvalue weighted by molar-refractivity contribution is 5.86. The molecule has 0 aromatic rings. The number of hydrogen-bond acceptors (Lipinski definition) is 2. The van der Waals surface area contributed by atoms with Crippen molar-refractivity contribution >= 4 is 5.91 Å². The fourth-order valence-electron chi connectivity index (χ4n) is 3.27. The molecule has 0 spiro atoms. The monoisotopic (exact) mass is 238 g/mol. The van der Waals surface area contributed by atoms with E-state index in [0.717, 1.165) is 31.8 Å². The lowest BCUT2D eigenvalue weighted by Crippen LogP contribution is -2.52. The van der Waals surface area contributed by atoms with Crippen LogP contribution in [0.3, 0.4) is 0 Å². The molecule has 1 aliphatic heterocycles. The molecule has 1 saturated carbocycles. The summed E-state index contributed by atoms with van der Waals surface area (Å²) in [6.07, 6.45) is 7.35. The minimum atomic E-state index is -0.305. The number of hydrogen-bond donors (Lipinski definition) is 2. The van der Waals surface area contributed by atoms with Gasteiger partial charge in [0.25, 0.3) is 0 Å². The van der Waals surface area contributed by atoms with E-state index < -0.39 is 0 Å². The molecule has 0 aromatic heterocycles. The number of rotatable bonds is 3. The smallest absolute Gasteiger partial charge is 0.240 e. The summed E-state index contributed by atoms with van der Waals surface area (Å²) in [4.78, 5) is 12.1. The second kappa shape index (κ2) is 5.38. The molecule has 0 aromatic carbocycles. The third-order valence-electron chi connectivity index (χ3n) is 4.47. The lowest BCUT2D eigenvalue weighted by Gasteiger charge is -2.29. The molecule has 2 rings (SSSR count). The third-order valence-corrected chi connectivity index (χ3v) is 4.47. The van der Waals surface area contributed by atoms with Gasteiger partial charge in [0.1, 0.15) is 0 Å². The van der Waals surface area contributed by atoms with Gasteiger partial charge in [0.05, 0.1) is 5.54 Å². The molecule has 3 nitrogen and oxygen atoms in total. The van der Waals surface area contributed by atoms with Crippen LogP contribution in [0.1, 0.15) is 52.4 Å². The van der Waals surface area contributed by atoms with Gasteiger partial charge in [-0.2, -0.15) is 0 Å². The third kappa shape index (κ3) is 3.21. The highest BCUT2D eigenvalue weighted by atomic mass is 16.2.